The van der Waals surface area contributed by atoms with Crippen molar-refractivity contribution in [1.29, 1.82) is 0 Å². The van der Waals surface area contributed by atoms with Crippen molar-refractivity contribution in [3.05, 3.63) is 59.7 Å². The Balaban J connectivity index is 2.33. The predicted molar refractivity (Wildman–Crippen MR) is 92.8 cm³/mol. The summed E-state index contributed by atoms with van der Waals surface area (Å²) >= 11 is 0. The van der Waals surface area contributed by atoms with Crippen molar-refractivity contribution >= 4 is 11.9 Å². The van der Waals surface area contributed by atoms with Gasteiger partial charge in [-0.2, -0.15) is 0 Å². The fourth-order valence-corrected chi connectivity index (χ4v) is 2.58. The van der Waals surface area contributed by atoms with Crippen LogP contribution in [0.2, 0.25) is 0 Å². The van der Waals surface area contributed by atoms with Crippen LogP contribution in [-0.2, 0) is 20.7 Å². The lowest BCUT2D eigenvalue weighted by molar-refractivity contribution is -0.143. The van der Waals surface area contributed by atoms with Crippen LogP contribution in [0.25, 0.3) is 11.1 Å². The number of hydrogen-bond donors (Lipinski definition) is 0. The molecule has 0 spiro atoms. The van der Waals surface area contributed by atoms with E-state index in [1.807, 2.05) is 42.5 Å². The van der Waals surface area contributed by atoms with E-state index in [0.717, 1.165) is 16.7 Å². The van der Waals surface area contributed by atoms with E-state index >= 15 is 0 Å². The highest BCUT2D eigenvalue weighted by atomic mass is 16.5. The van der Waals surface area contributed by atoms with Crippen molar-refractivity contribution in [1.82, 2.24) is 0 Å². The van der Waals surface area contributed by atoms with Crippen molar-refractivity contribution in [3.8, 4) is 11.1 Å². The molecule has 0 saturated heterocycles. The van der Waals surface area contributed by atoms with Crippen LogP contribution < -0.4 is 0 Å². The highest BCUT2D eigenvalue weighted by molar-refractivity contribution is 5.97. The van der Waals surface area contributed by atoms with Crippen LogP contribution in [0.15, 0.2) is 48.5 Å². The van der Waals surface area contributed by atoms with E-state index in [0.29, 0.717) is 31.6 Å². The average Bonchev–Trinajstić information content (AvgIpc) is 2.61. The van der Waals surface area contributed by atoms with Crippen molar-refractivity contribution in [3.63, 3.8) is 0 Å². The first-order valence-corrected chi connectivity index (χ1v) is 8.17. The maximum atomic E-state index is 12.2. The fourth-order valence-electron chi connectivity index (χ4n) is 2.58. The highest BCUT2D eigenvalue weighted by Crippen LogP contribution is 2.28. The Morgan fingerprint density at radius 3 is 2.17 bits per heavy atom. The summed E-state index contributed by atoms with van der Waals surface area (Å²) in [5.41, 5.74) is 3.28. The Bertz CT molecular complexity index is 706. The number of carbonyl (C=O) groups excluding carboxylic acids is 2. The summed E-state index contributed by atoms with van der Waals surface area (Å²) in [6.45, 7) is 4.29. The first-order chi connectivity index (χ1) is 11.7. The quantitative estimate of drug-likeness (QED) is 0.721. The zero-order valence-corrected chi connectivity index (χ0v) is 14.1. The standard InChI is InChI=1S/C20H22O4/c1-3-23-19(21)14-13-15-9-5-6-10-16(15)17-11-7-8-12-18(17)20(22)24-4-2/h5-12H,3-4,13-14H2,1-2H3. The van der Waals surface area contributed by atoms with E-state index in [9.17, 15) is 9.59 Å². The van der Waals surface area contributed by atoms with Gasteiger partial charge in [0, 0.05) is 6.42 Å². The Hall–Kier alpha value is -2.62. The monoisotopic (exact) mass is 326 g/mol. The number of carbonyl (C=O) groups is 2. The van der Waals surface area contributed by atoms with E-state index in [1.165, 1.54) is 0 Å². The van der Waals surface area contributed by atoms with Gasteiger partial charge < -0.3 is 9.47 Å². The first kappa shape index (κ1) is 17.7. The van der Waals surface area contributed by atoms with Gasteiger partial charge in [-0.3, -0.25) is 4.79 Å². The summed E-state index contributed by atoms with van der Waals surface area (Å²) < 4.78 is 10.1. The summed E-state index contributed by atoms with van der Waals surface area (Å²) in [5.74, 6) is -0.556. The van der Waals surface area contributed by atoms with Crippen molar-refractivity contribution < 1.29 is 19.1 Å². The summed E-state index contributed by atoms with van der Waals surface area (Å²) in [6, 6.07) is 15.1. The maximum Gasteiger partial charge on any atom is 0.338 e. The lowest BCUT2D eigenvalue weighted by Crippen LogP contribution is -2.08. The van der Waals surface area contributed by atoms with Crippen molar-refractivity contribution in [2.24, 2.45) is 0 Å². The smallest absolute Gasteiger partial charge is 0.338 e. The number of benzene rings is 2. The van der Waals surface area contributed by atoms with Crippen LogP contribution in [-0.4, -0.2) is 25.2 Å². The summed E-state index contributed by atoms with van der Waals surface area (Å²) in [6.07, 6.45) is 0.874. The topological polar surface area (TPSA) is 52.6 Å². The number of ether oxygens (including phenoxy) is 2. The van der Waals surface area contributed by atoms with E-state index in [2.05, 4.69) is 0 Å². The van der Waals surface area contributed by atoms with Crippen LogP contribution in [0.5, 0.6) is 0 Å². The van der Waals surface area contributed by atoms with Gasteiger partial charge in [-0.05, 0) is 43.0 Å². The fraction of sp³-hybridized carbons (Fsp3) is 0.300. The number of aryl methyl sites for hydroxylation is 1. The third kappa shape index (κ3) is 4.44. The molecule has 0 amide bonds. The zero-order valence-electron chi connectivity index (χ0n) is 14.1. The molecular weight excluding hydrogens is 304 g/mol. The molecule has 0 unspecified atom stereocenters. The van der Waals surface area contributed by atoms with Crippen molar-refractivity contribution in [2.45, 2.75) is 26.7 Å². The molecule has 0 heterocycles. The Labute approximate surface area is 142 Å². The molecule has 0 bridgehead atoms. The summed E-state index contributed by atoms with van der Waals surface area (Å²) in [4.78, 5) is 23.8. The third-order valence-corrected chi connectivity index (χ3v) is 3.63. The van der Waals surface area contributed by atoms with Gasteiger partial charge in [0.1, 0.15) is 0 Å². The van der Waals surface area contributed by atoms with Gasteiger partial charge in [0.2, 0.25) is 0 Å². The summed E-state index contributed by atoms with van der Waals surface area (Å²) in [5, 5.41) is 0. The van der Waals surface area contributed by atoms with E-state index in [1.54, 1.807) is 19.9 Å². The molecule has 0 aliphatic heterocycles. The number of hydrogen-bond acceptors (Lipinski definition) is 4. The second-order valence-corrected chi connectivity index (χ2v) is 5.23. The molecule has 2 aromatic carbocycles. The molecule has 2 rings (SSSR count). The first-order valence-electron chi connectivity index (χ1n) is 8.17. The Kier molecular flexibility index (Phi) is 6.55. The zero-order chi connectivity index (χ0) is 17.4. The largest absolute Gasteiger partial charge is 0.466 e. The predicted octanol–water partition coefficient (Wildman–Crippen LogP) is 4.03. The van der Waals surface area contributed by atoms with Crippen molar-refractivity contribution in [2.75, 3.05) is 13.2 Å². The summed E-state index contributed by atoms with van der Waals surface area (Å²) in [7, 11) is 0. The van der Waals surface area contributed by atoms with E-state index in [-0.39, 0.29) is 11.9 Å². The molecule has 24 heavy (non-hydrogen) atoms. The number of esters is 2. The minimum Gasteiger partial charge on any atom is -0.466 e. The van der Waals surface area contributed by atoms with E-state index in [4.69, 9.17) is 9.47 Å². The van der Waals surface area contributed by atoms with Crippen LogP contribution >= 0.6 is 0 Å². The van der Waals surface area contributed by atoms with Crippen LogP contribution in [0.1, 0.15) is 36.2 Å². The van der Waals surface area contributed by atoms with Crippen LogP contribution in [0.4, 0.5) is 0 Å². The molecule has 0 aromatic heterocycles. The molecule has 4 nitrogen and oxygen atoms in total. The molecule has 0 radical (unpaired) electrons. The van der Waals surface area contributed by atoms with Crippen LogP contribution in [0, 0.1) is 0 Å². The normalized spacial score (nSPS) is 10.2. The second-order valence-electron chi connectivity index (χ2n) is 5.23. The molecule has 126 valence electrons. The highest BCUT2D eigenvalue weighted by Gasteiger charge is 2.16. The van der Waals surface area contributed by atoms with Gasteiger partial charge in [0.15, 0.2) is 0 Å². The van der Waals surface area contributed by atoms with Gasteiger partial charge in [0.25, 0.3) is 0 Å². The SMILES string of the molecule is CCOC(=O)CCc1ccccc1-c1ccccc1C(=O)OCC. The lowest BCUT2D eigenvalue weighted by atomic mass is 9.93. The molecule has 0 atom stereocenters. The third-order valence-electron chi connectivity index (χ3n) is 3.63. The number of rotatable bonds is 7. The maximum absolute atomic E-state index is 12.2. The molecule has 0 aliphatic rings. The Morgan fingerprint density at radius 1 is 0.833 bits per heavy atom. The molecule has 0 saturated carbocycles. The average molecular weight is 326 g/mol. The minimum absolute atomic E-state index is 0.217. The molecular formula is C20H22O4. The molecule has 0 aliphatic carbocycles. The minimum atomic E-state index is -0.340. The van der Waals surface area contributed by atoms with Gasteiger partial charge in [-0.1, -0.05) is 42.5 Å². The molecule has 4 heteroatoms. The molecule has 0 fully saturated rings. The van der Waals surface area contributed by atoms with Gasteiger partial charge in [0.05, 0.1) is 18.8 Å². The van der Waals surface area contributed by atoms with E-state index < -0.39 is 0 Å². The molecule has 2 aromatic rings. The Morgan fingerprint density at radius 2 is 1.46 bits per heavy atom. The lowest BCUT2D eigenvalue weighted by Gasteiger charge is -2.13. The van der Waals surface area contributed by atoms with Gasteiger partial charge in [-0.25, -0.2) is 4.79 Å². The van der Waals surface area contributed by atoms with Crippen LogP contribution in [0.3, 0.4) is 0 Å². The van der Waals surface area contributed by atoms with Gasteiger partial charge >= 0.3 is 11.9 Å². The van der Waals surface area contributed by atoms with Gasteiger partial charge in [-0.15, -0.1) is 0 Å². The second kappa shape index (κ2) is 8.87. The molecule has 0 N–H and O–H groups in total.